The highest BCUT2D eigenvalue weighted by Gasteiger charge is 2.18. The summed E-state index contributed by atoms with van der Waals surface area (Å²) in [4.78, 5) is 12.1. The van der Waals surface area contributed by atoms with E-state index < -0.39 is 12.2 Å². The third kappa shape index (κ3) is 6.82. The standard InChI is InChI=1S/C19H24N2O4/c1-2-18(25-17-11-7-4-8-12-17)19(23)21-20-13-15(22)14-24-16-9-5-3-6-10-16/h3-12,15,18,20,22H,2,13-14H2,1H3,(H,21,23). The van der Waals surface area contributed by atoms with E-state index in [9.17, 15) is 9.90 Å². The number of nitrogens with one attached hydrogen (secondary N) is 2. The summed E-state index contributed by atoms with van der Waals surface area (Å²) in [5, 5.41) is 9.88. The third-order valence-electron chi connectivity index (χ3n) is 3.42. The molecule has 25 heavy (non-hydrogen) atoms. The molecule has 2 rings (SSSR count). The zero-order chi connectivity index (χ0) is 17.9. The number of ether oxygens (including phenoxy) is 2. The zero-order valence-corrected chi connectivity index (χ0v) is 14.2. The molecule has 0 heterocycles. The van der Waals surface area contributed by atoms with E-state index in [2.05, 4.69) is 10.9 Å². The molecule has 2 atom stereocenters. The fourth-order valence-electron chi connectivity index (χ4n) is 2.09. The van der Waals surface area contributed by atoms with Crippen LogP contribution in [0.3, 0.4) is 0 Å². The van der Waals surface area contributed by atoms with Crippen molar-refractivity contribution in [2.24, 2.45) is 0 Å². The largest absolute Gasteiger partial charge is 0.491 e. The summed E-state index contributed by atoms with van der Waals surface area (Å²) in [6.45, 7) is 2.17. The molecule has 0 aromatic heterocycles. The van der Waals surface area contributed by atoms with Crippen LogP contribution in [0.25, 0.3) is 0 Å². The molecular weight excluding hydrogens is 320 g/mol. The first-order chi connectivity index (χ1) is 12.2. The van der Waals surface area contributed by atoms with Crippen LogP contribution in [0.5, 0.6) is 11.5 Å². The van der Waals surface area contributed by atoms with Crippen molar-refractivity contribution in [1.82, 2.24) is 10.9 Å². The first-order valence-electron chi connectivity index (χ1n) is 8.29. The molecule has 0 bridgehead atoms. The van der Waals surface area contributed by atoms with Crippen molar-refractivity contribution >= 4 is 5.91 Å². The third-order valence-corrected chi connectivity index (χ3v) is 3.42. The van der Waals surface area contributed by atoms with E-state index in [4.69, 9.17) is 9.47 Å². The number of aliphatic hydroxyl groups excluding tert-OH is 1. The van der Waals surface area contributed by atoms with Gasteiger partial charge in [0.05, 0.1) is 0 Å². The van der Waals surface area contributed by atoms with Gasteiger partial charge in [-0.2, -0.15) is 0 Å². The van der Waals surface area contributed by atoms with Crippen molar-refractivity contribution in [3.63, 3.8) is 0 Å². The van der Waals surface area contributed by atoms with E-state index in [1.54, 1.807) is 12.1 Å². The Hall–Kier alpha value is -2.57. The average Bonchev–Trinajstić information content (AvgIpc) is 2.66. The van der Waals surface area contributed by atoms with E-state index in [1.165, 1.54) is 0 Å². The van der Waals surface area contributed by atoms with Gasteiger partial charge in [-0.25, -0.2) is 5.43 Å². The van der Waals surface area contributed by atoms with Crippen LogP contribution in [0.1, 0.15) is 13.3 Å². The number of hydrazine groups is 1. The molecule has 2 unspecified atom stereocenters. The Morgan fingerprint density at radius 1 is 1.04 bits per heavy atom. The van der Waals surface area contributed by atoms with Crippen molar-refractivity contribution in [2.75, 3.05) is 13.2 Å². The van der Waals surface area contributed by atoms with Gasteiger partial charge in [0.15, 0.2) is 6.10 Å². The number of hydrogen-bond acceptors (Lipinski definition) is 5. The Bertz CT molecular complexity index is 622. The van der Waals surface area contributed by atoms with E-state index >= 15 is 0 Å². The fraction of sp³-hybridized carbons (Fsp3) is 0.316. The van der Waals surface area contributed by atoms with Crippen LogP contribution in [0.4, 0.5) is 0 Å². The van der Waals surface area contributed by atoms with Crippen LogP contribution in [-0.2, 0) is 4.79 Å². The molecule has 0 fully saturated rings. The number of para-hydroxylation sites is 2. The minimum absolute atomic E-state index is 0.130. The van der Waals surface area contributed by atoms with Gasteiger partial charge in [0.25, 0.3) is 5.91 Å². The summed E-state index contributed by atoms with van der Waals surface area (Å²) in [6.07, 6.45) is -0.828. The molecule has 0 aliphatic rings. The zero-order valence-electron chi connectivity index (χ0n) is 14.2. The highest BCUT2D eigenvalue weighted by Crippen LogP contribution is 2.12. The lowest BCUT2D eigenvalue weighted by molar-refractivity contribution is -0.129. The lowest BCUT2D eigenvalue weighted by atomic mass is 10.2. The molecule has 6 nitrogen and oxygen atoms in total. The lowest BCUT2D eigenvalue weighted by Crippen LogP contribution is -2.48. The molecule has 3 N–H and O–H groups in total. The fourth-order valence-corrected chi connectivity index (χ4v) is 2.09. The topological polar surface area (TPSA) is 79.8 Å². The SMILES string of the molecule is CCC(Oc1ccccc1)C(=O)NNCC(O)COc1ccccc1. The quantitative estimate of drug-likeness (QED) is 0.574. The van der Waals surface area contributed by atoms with Gasteiger partial charge in [0, 0.05) is 6.54 Å². The molecule has 2 aromatic rings. The molecule has 0 saturated carbocycles. The second-order valence-electron chi connectivity index (χ2n) is 5.48. The number of carbonyl (C=O) groups is 1. The molecule has 0 aliphatic carbocycles. The first kappa shape index (κ1) is 18.8. The van der Waals surface area contributed by atoms with Gasteiger partial charge in [-0.3, -0.25) is 10.2 Å². The van der Waals surface area contributed by atoms with Crippen molar-refractivity contribution in [3.05, 3.63) is 60.7 Å². The summed E-state index contributed by atoms with van der Waals surface area (Å²) in [6, 6.07) is 18.4. The number of benzene rings is 2. The molecule has 0 spiro atoms. The minimum atomic E-state index is -0.754. The summed E-state index contributed by atoms with van der Waals surface area (Å²) in [5.74, 6) is 1.04. The summed E-state index contributed by atoms with van der Waals surface area (Å²) < 4.78 is 11.1. The van der Waals surface area contributed by atoms with Gasteiger partial charge in [0.1, 0.15) is 24.2 Å². The van der Waals surface area contributed by atoms with Crippen molar-refractivity contribution < 1.29 is 19.4 Å². The maximum atomic E-state index is 12.1. The molecule has 134 valence electrons. The van der Waals surface area contributed by atoms with Crippen molar-refractivity contribution in [1.29, 1.82) is 0 Å². The van der Waals surface area contributed by atoms with Crippen LogP contribution in [-0.4, -0.2) is 36.4 Å². The van der Waals surface area contributed by atoms with Crippen LogP contribution < -0.4 is 20.3 Å². The van der Waals surface area contributed by atoms with Gasteiger partial charge in [-0.15, -0.1) is 0 Å². The number of carbonyl (C=O) groups excluding carboxylic acids is 1. The predicted molar refractivity (Wildman–Crippen MR) is 95.2 cm³/mol. The summed E-state index contributed by atoms with van der Waals surface area (Å²) in [5.41, 5.74) is 5.27. The van der Waals surface area contributed by atoms with Crippen molar-refractivity contribution in [2.45, 2.75) is 25.6 Å². The smallest absolute Gasteiger partial charge is 0.275 e. The Balaban J connectivity index is 1.67. The number of hydrogen-bond donors (Lipinski definition) is 3. The second kappa shape index (κ2) is 10.3. The van der Waals surface area contributed by atoms with Gasteiger partial charge < -0.3 is 14.6 Å². The molecule has 0 radical (unpaired) electrons. The highest BCUT2D eigenvalue weighted by atomic mass is 16.5. The first-order valence-corrected chi connectivity index (χ1v) is 8.29. The highest BCUT2D eigenvalue weighted by molar-refractivity contribution is 5.80. The monoisotopic (exact) mass is 344 g/mol. The van der Waals surface area contributed by atoms with E-state index in [1.807, 2.05) is 55.5 Å². The minimum Gasteiger partial charge on any atom is -0.491 e. The van der Waals surface area contributed by atoms with E-state index in [0.717, 1.165) is 0 Å². The normalized spacial score (nSPS) is 12.9. The Morgan fingerprint density at radius 3 is 2.24 bits per heavy atom. The molecule has 1 amide bonds. The van der Waals surface area contributed by atoms with Gasteiger partial charge in [0.2, 0.25) is 0 Å². The Kier molecular flexibility index (Phi) is 7.75. The van der Waals surface area contributed by atoms with E-state index in [-0.39, 0.29) is 19.1 Å². The predicted octanol–water partition coefficient (Wildman–Crippen LogP) is 1.90. The Labute approximate surface area is 147 Å². The lowest BCUT2D eigenvalue weighted by Gasteiger charge is -2.18. The van der Waals surface area contributed by atoms with Gasteiger partial charge in [-0.05, 0) is 30.7 Å². The molecular formula is C19H24N2O4. The van der Waals surface area contributed by atoms with Crippen LogP contribution in [0, 0.1) is 0 Å². The van der Waals surface area contributed by atoms with Gasteiger partial charge in [-0.1, -0.05) is 43.3 Å². The van der Waals surface area contributed by atoms with Gasteiger partial charge >= 0.3 is 0 Å². The van der Waals surface area contributed by atoms with Crippen LogP contribution in [0.15, 0.2) is 60.7 Å². The van der Waals surface area contributed by atoms with E-state index in [0.29, 0.717) is 17.9 Å². The number of aliphatic hydroxyl groups is 1. The summed E-state index contributed by atoms with van der Waals surface area (Å²) >= 11 is 0. The molecule has 6 heteroatoms. The number of amides is 1. The molecule has 0 aliphatic heterocycles. The van der Waals surface area contributed by atoms with Crippen molar-refractivity contribution in [3.8, 4) is 11.5 Å². The van der Waals surface area contributed by atoms with Crippen LogP contribution in [0.2, 0.25) is 0 Å². The van der Waals surface area contributed by atoms with Crippen LogP contribution >= 0.6 is 0 Å². The second-order valence-corrected chi connectivity index (χ2v) is 5.48. The average molecular weight is 344 g/mol. The maximum Gasteiger partial charge on any atom is 0.275 e. The maximum absolute atomic E-state index is 12.1. The number of rotatable bonds is 10. The molecule has 2 aromatic carbocycles. The summed E-state index contributed by atoms with van der Waals surface area (Å²) in [7, 11) is 0. The Morgan fingerprint density at radius 2 is 1.64 bits per heavy atom. The molecule has 0 saturated heterocycles.